The monoisotopic (exact) mass is 875 g/mol. The first-order chi connectivity index (χ1) is 30.4. The Hall–Kier alpha value is -2.78. The Morgan fingerprint density at radius 1 is 0.403 bits per heavy atom. The number of unbranched alkanes of at least 4 members (excludes halogenated alkanes) is 27. The molecule has 0 aromatic heterocycles. The molecule has 0 aliphatic rings. The predicted octanol–water partition coefficient (Wildman–Crippen LogP) is 14.9. The summed E-state index contributed by atoms with van der Waals surface area (Å²) in [6.45, 7) is 15.0. The molecule has 0 fully saturated rings. The van der Waals surface area contributed by atoms with Gasteiger partial charge in [0.1, 0.15) is 13.2 Å². The van der Waals surface area contributed by atoms with E-state index in [1.165, 1.54) is 154 Å². The number of hydrogen-bond acceptors (Lipinski definition) is 9. The van der Waals surface area contributed by atoms with Gasteiger partial charge < -0.3 is 33.2 Å². The van der Waals surface area contributed by atoms with E-state index in [0.29, 0.717) is 61.4 Å². The lowest BCUT2D eigenvalue weighted by Crippen LogP contribution is -2.15. The third-order valence-corrected chi connectivity index (χ3v) is 11.2. The lowest BCUT2D eigenvalue weighted by atomic mass is 10.1. The number of esters is 2. The van der Waals surface area contributed by atoms with Gasteiger partial charge in [0.15, 0.2) is 11.5 Å². The molecule has 0 unspecified atom stereocenters. The van der Waals surface area contributed by atoms with Crippen molar-refractivity contribution in [3.8, 4) is 17.2 Å². The summed E-state index contributed by atoms with van der Waals surface area (Å²) in [5.41, 5.74) is 0.730. The van der Waals surface area contributed by atoms with E-state index in [9.17, 15) is 9.59 Å². The Morgan fingerprint density at radius 3 is 1.06 bits per heavy atom. The van der Waals surface area contributed by atoms with E-state index in [1.807, 2.05) is 0 Å². The number of carbonyl (C=O) groups excluding carboxylic acids is 2. The van der Waals surface area contributed by atoms with Crippen molar-refractivity contribution in [3.63, 3.8) is 0 Å². The van der Waals surface area contributed by atoms with Gasteiger partial charge in [0.05, 0.1) is 51.8 Å². The van der Waals surface area contributed by atoms with Crippen LogP contribution >= 0.6 is 0 Å². The van der Waals surface area contributed by atoms with Crippen molar-refractivity contribution in [2.45, 2.75) is 220 Å². The van der Waals surface area contributed by atoms with Gasteiger partial charge in [0.25, 0.3) is 0 Å². The Morgan fingerprint density at radius 2 is 0.710 bits per heavy atom. The summed E-state index contributed by atoms with van der Waals surface area (Å²) in [6.07, 6.45) is 37.6. The maximum atomic E-state index is 13.4. The molecule has 0 aliphatic heterocycles. The van der Waals surface area contributed by atoms with Gasteiger partial charge in [-0.25, -0.2) is 9.59 Å². The summed E-state index contributed by atoms with van der Waals surface area (Å²) in [5, 5.41) is 0. The van der Waals surface area contributed by atoms with E-state index in [1.54, 1.807) is 19.1 Å². The molecular weight excluding hydrogens is 781 g/mol. The van der Waals surface area contributed by atoms with Crippen molar-refractivity contribution in [2.75, 3.05) is 59.5 Å². The van der Waals surface area contributed by atoms with Crippen molar-refractivity contribution in [2.24, 2.45) is 0 Å². The molecule has 62 heavy (non-hydrogen) atoms. The summed E-state index contributed by atoms with van der Waals surface area (Å²) >= 11 is 0. The lowest BCUT2D eigenvalue weighted by molar-refractivity contribution is -0.140. The molecule has 360 valence electrons. The van der Waals surface area contributed by atoms with Crippen molar-refractivity contribution >= 4 is 11.9 Å². The van der Waals surface area contributed by atoms with Crippen LogP contribution in [-0.4, -0.2) is 71.4 Å². The van der Waals surface area contributed by atoms with E-state index in [0.717, 1.165) is 38.5 Å². The lowest BCUT2D eigenvalue weighted by Gasteiger charge is -2.19. The fraction of sp³-hybridized carbons (Fsp3) is 0.811. The minimum atomic E-state index is -0.460. The first-order valence-electron chi connectivity index (χ1n) is 25.7. The van der Waals surface area contributed by atoms with Crippen molar-refractivity contribution in [3.05, 3.63) is 29.8 Å². The molecule has 0 amide bonds. The summed E-state index contributed by atoms with van der Waals surface area (Å²) in [6, 6.07) is 3.52. The first-order valence-corrected chi connectivity index (χ1v) is 25.7. The topological polar surface area (TPSA) is 98.8 Å². The Labute approximate surface area is 380 Å². The molecule has 1 rings (SSSR count). The maximum Gasteiger partial charge on any atom is 0.338 e. The number of benzene rings is 1. The van der Waals surface area contributed by atoms with Crippen LogP contribution in [0.3, 0.4) is 0 Å². The summed E-state index contributed by atoms with van der Waals surface area (Å²) < 4.78 is 41.1. The van der Waals surface area contributed by atoms with Gasteiger partial charge in [0.2, 0.25) is 5.75 Å². The highest BCUT2D eigenvalue weighted by Gasteiger charge is 2.20. The zero-order chi connectivity index (χ0) is 45.0. The molecule has 0 heterocycles. The van der Waals surface area contributed by atoms with Crippen LogP contribution in [-0.2, 0) is 23.7 Å². The smallest absolute Gasteiger partial charge is 0.338 e. The molecule has 0 bridgehead atoms. The van der Waals surface area contributed by atoms with Gasteiger partial charge in [-0.1, -0.05) is 201 Å². The second kappa shape index (κ2) is 43.5. The molecule has 0 atom stereocenters. The third-order valence-electron chi connectivity index (χ3n) is 11.2. The largest absolute Gasteiger partial charge is 0.490 e. The van der Waals surface area contributed by atoms with Gasteiger partial charge in [-0.05, 0) is 38.3 Å². The zero-order valence-corrected chi connectivity index (χ0v) is 40.6. The van der Waals surface area contributed by atoms with Gasteiger partial charge >= 0.3 is 11.9 Å². The van der Waals surface area contributed by atoms with Crippen LogP contribution in [0.25, 0.3) is 0 Å². The molecular formula is C53H94O9. The normalized spacial score (nSPS) is 11.2. The molecule has 0 radical (unpaired) electrons. The number of ether oxygens (including phenoxy) is 7. The second-order valence-electron chi connectivity index (χ2n) is 17.2. The summed E-state index contributed by atoms with van der Waals surface area (Å²) in [4.78, 5) is 24.9. The maximum absolute atomic E-state index is 13.4. The van der Waals surface area contributed by atoms with E-state index >= 15 is 0 Å². The predicted molar refractivity (Wildman–Crippen MR) is 256 cm³/mol. The Kier molecular flexibility index (Phi) is 40.1. The van der Waals surface area contributed by atoms with Gasteiger partial charge in [-0.15, -0.1) is 0 Å². The molecule has 0 N–H and O–H groups in total. The standard InChI is InChI=1S/C53H94O9/c1-6-9-12-15-18-21-24-27-30-33-36-58-49-45-48(53(55)62-44-42-57-40-39-56-41-43-61-52(54)47(4)5)46-50(59-37-34-31-28-25-22-19-16-13-10-7-2)51(49)60-38-35-32-29-26-23-20-17-14-11-8-3/h45-46H,4,6-44H2,1-3,5H3. The minimum absolute atomic E-state index is 0.0929. The molecule has 0 spiro atoms. The molecule has 0 saturated carbocycles. The summed E-state index contributed by atoms with van der Waals surface area (Å²) in [5.74, 6) is 0.789. The van der Waals surface area contributed by atoms with Crippen LogP contribution in [0.5, 0.6) is 17.2 Å². The van der Waals surface area contributed by atoms with E-state index in [-0.39, 0.29) is 26.4 Å². The SMILES string of the molecule is C=C(C)C(=O)OCCOCCOCCOC(=O)c1cc(OCCCCCCCCCCCC)c(OCCCCCCCCCCCC)c(OCCCCCCCCCCCC)c1. The highest BCUT2D eigenvalue weighted by molar-refractivity contribution is 5.91. The number of carbonyl (C=O) groups is 2. The minimum Gasteiger partial charge on any atom is -0.490 e. The molecule has 0 aliphatic carbocycles. The third kappa shape index (κ3) is 33.7. The zero-order valence-electron chi connectivity index (χ0n) is 40.6. The van der Waals surface area contributed by atoms with Gasteiger partial charge in [-0.3, -0.25) is 0 Å². The van der Waals surface area contributed by atoms with Crippen LogP contribution in [0.4, 0.5) is 0 Å². The number of hydrogen-bond donors (Lipinski definition) is 0. The first kappa shape index (κ1) is 57.2. The fourth-order valence-electron chi connectivity index (χ4n) is 7.27. The van der Waals surface area contributed by atoms with E-state index < -0.39 is 11.9 Å². The van der Waals surface area contributed by atoms with E-state index in [2.05, 4.69) is 27.4 Å². The molecule has 9 heteroatoms. The second-order valence-corrected chi connectivity index (χ2v) is 17.2. The van der Waals surface area contributed by atoms with Gasteiger partial charge in [-0.2, -0.15) is 0 Å². The van der Waals surface area contributed by atoms with Crippen molar-refractivity contribution in [1.29, 1.82) is 0 Å². The quantitative estimate of drug-likeness (QED) is 0.0360. The average molecular weight is 875 g/mol. The molecule has 1 aromatic carbocycles. The highest BCUT2D eigenvalue weighted by Crippen LogP contribution is 2.40. The van der Waals surface area contributed by atoms with Crippen LogP contribution < -0.4 is 14.2 Å². The number of rotatable bonds is 47. The van der Waals surface area contributed by atoms with Crippen molar-refractivity contribution in [1.82, 2.24) is 0 Å². The highest BCUT2D eigenvalue weighted by atomic mass is 16.6. The van der Waals surface area contributed by atoms with Gasteiger partial charge in [0, 0.05) is 5.57 Å². The van der Waals surface area contributed by atoms with Crippen LogP contribution in [0, 0.1) is 0 Å². The van der Waals surface area contributed by atoms with Crippen LogP contribution in [0.15, 0.2) is 24.3 Å². The Bertz CT molecular complexity index is 1150. The van der Waals surface area contributed by atoms with Crippen molar-refractivity contribution < 1.29 is 42.7 Å². The molecule has 9 nitrogen and oxygen atoms in total. The van der Waals surface area contributed by atoms with E-state index in [4.69, 9.17) is 33.2 Å². The molecule has 0 saturated heterocycles. The molecule has 1 aromatic rings. The Balaban J connectivity index is 2.87. The summed E-state index contributed by atoms with van der Waals surface area (Å²) in [7, 11) is 0. The van der Waals surface area contributed by atoms with Crippen LogP contribution in [0.1, 0.15) is 231 Å². The van der Waals surface area contributed by atoms with Crippen LogP contribution in [0.2, 0.25) is 0 Å². The average Bonchev–Trinajstić information content (AvgIpc) is 3.27. The fourth-order valence-corrected chi connectivity index (χ4v) is 7.27.